The molecule has 0 radical (unpaired) electrons. The molecule has 0 fully saturated rings. The Labute approximate surface area is 261 Å². The number of aromatic nitrogens is 2. The molecule has 4 aromatic rings. The number of alkyl halides is 3. The maximum atomic E-state index is 14.3. The van der Waals surface area contributed by atoms with E-state index in [0.717, 1.165) is 25.0 Å². The first-order valence-electron chi connectivity index (χ1n) is 14.8. The summed E-state index contributed by atoms with van der Waals surface area (Å²) in [4.78, 5) is 42.6. The monoisotopic (exact) mass is 631 g/mol. The number of hydrogen-bond donors (Lipinski definition) is 2. The molecule has 12 heteroatoms. The van der Waals surface area contributed by atoms with Gasteiger partial charge in [0.05, 0.1) is 11.3 Å². The summed E-state index contributed by atoms with van der Waals surface area (Å²) in [5.41, 5.74) is 0.682. The molecule has 0 spiro atoms. The molecule has 0 unspecified atom stereocenters. The molecule has 3 amide bonds. The van der Waals surface area contributed by atoms with Crippen molar-refractivity contribution in [2.24, 2.45) is 0 Å². The third-order valence-corrected chi connectivity index (χ3v) is 8.18. The molecule has 6 rings (SSSR count). The van der Waals surface area contributed by atoms with Crippen molar-refractivity contribution in [3.8, 4) is 5.69 Å². The first kappa shape index (κ1) is 30.8. The molecule has 2 atom stereocenters. The van der Waals surface area contributed by atoms with Gasteiger partial charge in [0, 0.05) is 29.2 Å². The number of halogens is 4. The number of nitrogens with one attached hydrogen (secondary N) is 2. The molecular formula is C34H29F4N5O3. The number of benzene rings is 3. The summed E-state index contributed by atoms with van der Waals surface area (Å²) in [6, 6.07) is 16.9. The Morgan fingerprint density at radius 3 is 2.37 bits per heavy atom. The van der Waals surface area contributed by atoms with Crippen LogP contribution >= 0.6 is 0 Å². The Kier molecular flexibility index (Phi) is 8.20. The lowest BCUT2D eigenvalue weighted by molar-refractivity contribution is -0.137. The number of fused-ring (bicyclic) bond motifs is 1. The summed E-state index contributed by atoms with van der Waals surface area (Å²) in [5.74, 6) is -2.89. The Morgan fingerprint density at radius 1 is 0.978 bits per heavy atom. The highest BCUT2D eigenvalue weighted by Crippen LogP contribution is 2.46. The fourth-order valence-electron chi connectivity index (χ4n) is 6.00. The van der Waals surface area contributed by atoms with Gasteiger partial charge in [0.15, 0.2) is 5.82 Å². The molecule has 1 aliphatic carbocycles. The minimum atomic E-state index is -4.69. The highest BCUT2D eigenvalue weighted by molar-refractivity contribution is 6.08. The lowest BCUT2D eigenvalue weighted by Crippen LogP contribution is -2.55. The zero-order chi connectivity index (χ0) is 32.6. The van der Waals surface area contributed by atoms with E-state index in [9.17, 15) is 31.9 Å². The Balaban J connectivity index is 1.53. The predicted molar refractivity (Wildman–Crippen MR) is 163 cm³/mol. The number of amides is 3. The van der Waals surface area contributed by atoms with Crippen molar-refractivity contribution in [3.63, 3.8) is 0 Å². The van der Waals surface area contributed by atoms with Gasteiger partial charge in [-0.1, -0.05) is 42.5 Å². The number of carbonyl (C=O) groups excluding carboxylic acids is 3. The second-order valence-corrected chi connectivity index (χ2v) is 11.1. The highest BCUT2D eigenvalue weighted by atomic mass is 19.4. The summed E-state index contributed by atoms with van der Waals surface area (Å²) in [7, 11) is 0. The molecule has 2 aliphatic rings. The predicted octanol–water partition coefficient (Wildman–Crippen LogP) is 6.38. The van der Waals surface area contributed by atoms with Crippen LogP contribution in [0.5, 0.6) is 0 Å². The SMILES string of the molecule is CCN1C(=O)[C@@H](NC(=O)c2cccc(C(F)(F)F)c2)[C@@H](c2ccc(F)cc2)c2c(NC(=O)C3=CCCC3)nn(-c3ccccc3)c21. The van der Waals surface area contributed by atoms with Crippen molar-refractivity contribution in [1.29, 1.82) is 0 Å². The van der Waals surface area contributed by atoms with Gasteiger partial charge in [-0.3, -0.25) is 19.3 Å². The quantitative estimate of drug-likeness (QED) is 0.232. The number of allylic oxidation sites excluding steroid dienone is 1. The van der Waals surface area contributed by atoms with Crippen LogP contribution in [0.4, 0.5) is 29.2 Å². The second kappa shape index (κ2) is 12.3. The average Bonchev–Trinajstić information content (AvgIpc) is 3.72. The number of para-hydroxylation sites is 1. The Bertz CT molecular complexity index is 1830. The fraction of sp³-hybridized carbons (Fsp3) is 0.235. The van der Waals surface area contributed by atoms with E-state index in [2.05, 4.69) is 10.6 Å². The lowest BCUT2D eigenvalue weighted by atomic mass is 9.81. The maximum absolute atomic E-state index is 14.3. The van der Waals surface area contributed by atoms with Crippen LogP contribution in [-0.2, 0) is 15.8 Å². The zero-order valence-corrected chi connectivity index (χ0v) is 24.6. The molecule has 8 nitrogen and oxygen atoms in total. The van der Waals surface area contributed by atoms with E-state index in [1.54, 1.807) is 31.2 Å². The van der Waals surface area contributed by atoms with Crippen LogP contribution in [0.25, 0.3) is 5.69 Å². The molecule has 46 heavy (non-hydrogen) atoms. The molecule has 236 valence electrons. The van der Waals surface area contributed by atoms with Gasteiger partial charge in [0.25, 0.3) is 17.7 Å². The minimum Gasteiger partial charge on any atom is -0.339 e. The van der Waals surface area contributed by atoms with Crippen LogP contribution in [0.15, 0.2) is 90.5 Å². The normalized spacial score (nSPS) is 17.8. The first-order valence-corrected chi connectivity index (χ1v) is 14.8. The van der Waals surface area contributed by atoms with E-state index in [1.807, 2.05) is 12.1 Å². The van der Waals surface area contributed by atoms with Gasteiger partial charge in [-0.25, -0.2) is 9.07 Å². The van der Waals surface area contributed by atoms with E-state index in [4.69, 9.17) is 5.10 Å². The lowest BCUT2D eigenvalue weighted by Gasteiger charge is -2.38. The number of hydrogen-bond acceptors (Lipinski definition) is 4. The fourth-order valence-corrected chi connectivity index (χ4v) is 6.00. The molecule has 1 aromatic heterocycles. The molecule has 1 aliphatic heterocycles. The number of nitrogens with zero attached hydrogens (tertiary/aromatic N) is 3. The third kappa shape index (κ3) is 5.78. The van der Waals surface area contributed by atoms with E-state index in [0.29, 0.717) is 40.7 Å². The van der Waals surface area contributed by atoms with Gasteiger partial charge in [0.2, 0.25) is 0 Å². The van der Waals surface area contributed by atoms with E-state index < -0.39 is 41.3 Å². The van der Waals surface area contributed by atoms with Crippen molar-refractivity contribution in [3.05, 3.63) is 119 Å². The number of anilines is 2. The van der Waals surface area contributed by atoms with Crippen molar-refractivity contribution < 1.29 is 31.9 Å². The topological polar surface area (TPSA) is 96.3 Å². The molecular weight excluding hydrogens is 602 g/mol. The van der Waals surface area contributed by atoms with E-state index in [1.165, 1.54) is 39.9 Å². The van der Waals surface area contributed by atoms with E-state index in [-0.39, 0.29) is 23.8 Å². The minimum absolute atomic E-state index is 0.134. The molecule has 0 saturated carbocycles. The van der Waals surface area contributed by atoms with Gasteiger partial charge < -0.3 is 10.6 Å². The smallest absolute Gasteiger partial charge is 0.339 e. The summed E-state index contributed by atoms with van der Waals surface area (Å²) in [6.45, 7) is 1.87. The highest BCUT2D eigenvalue weighted by Gasteiger charge is 2.46. The molecule has 2 heterocycles. The van der Waals surface area contributed by atoms with Gasteiger partial charge in [-0.2, -0.15) is 13.2 Å². The molecule has 0 bridgehead atoms. The third-order valence-electron chi connectivity index (χ3n) is 8.18. The Morgan fingerprint density at radius 2 is 1.72 bits per heavy atom. The van der Waals surface area contributed by atoms with Gasteiger partial charge in [-0.15, -0.1) is 5.10 Å². The molecule has 0 saturated heterocycles. The van der Waals surface area contributed by atoms with Crippen molar-refractivity contribution in [1.82, 2.24) is 15.1 Å². The van der Waals surface area contributed by atoms with Crippen molar-refractivity contribution in [2.75, 3.05) is 16.8 Å². The van der Waals surface area contributed by atoms with Crippen molar-refractivity contribution in [2.45, 2.75) is 44.3 Å². The zero-order valence-electron chi connectivity index (χ0n) is 24.6. The summed E-state index contributed by atoms with van der Waals surface area (Å²) >= 11 is 0. The van der Waals surface area contributed by atoms with Crippen LogP contribution in [0.1, 0.15) is 59.2 Å². The van der Waals surface area contributed by atoms with Gasteiger partial charge in [0.1, 0.15) is 17.7 Å². The van der Waals surface area contributed by atoms with Crippen LogP contribution in [-0.4, -0.2) is 40.1 Å². The Hall–Kier alpha value is -5.26. The largest absolute Gasteiger partial charge is 0.416 e. The number of rotatable bonds is 7. The van der Waals surface area contributed by atoms with Crippen LogP contribution in [0, 0.1) is 5.82 Å². The number of carbonyl (C=O) groups is 3. The van der Waals surface area contributed by atoms with Gasteiger partial charge >= 0.3 is 6.18 Å². The standard InChI is InChI=1S/C34H29F4N5O3/c1-2-42-32-27(29(40-30(44)21-9-6-7-10-21)41-43(32)25-13-4-3-5-14-25)26(20-15-17-24(35)18-16-20)28(33(42)46)39-31(45)22-11-8-12-23(19-22)34(36,37)38/h3-5,8-9,11-19,26,28H,2,6-7,10H2,1H3,(H,39,45)(H,40,41,44)/t26-,28-/m0/s1. The number of likely N-dealkylation sites (N-methyl/N-ethyl adjacent to an activating group) is 1. The maximum Gasteiger partial charge on any atom is 0.416 e. The van der Waals surface area contributed by atoms with Crippen LogP contribution in [0.3, 0.4) is 0 Å². The van der Waals surface area contributed by atoms with E-state index >= 15 is 0 Å². The molecule has 3 aromatic carbocycles. The van der Waals surface area contributed by atoms with Crippen LogP contribution in [0.2, 0.25) is 0 Å². The summed E-state index contributed by atoms with van der Waals surface area (Å²) < 4.78 is 56.1. The van der Waals surface area contributed by atoms with Crippen molar-refractivity contribution >= 4 is 29.4 Å². The summed E-state index contributed by atoms with van der Waals surface area (Å²) in [5, 5.41) is 10.3. The van der Waals surface area contributed by atoms with Gasteiger partial charge in [-0.05, 0) is 74.2 Å². The average molecular weight is 632 g/mol. The second-order valence-electron chi connectivity index (χ2n) is 11.1. The first-order chi connectivity index (χ1) is 22.1. The molecule has 2 N–H and O–H groups in total. The summed E-state index contributed by atoms with van der Waals surface area (Å²) in [6.07, 6.45) is -0.647. The van der Waals surface area contributed by atoms with Crippen LogP contribution < -0.4 is 15.5 Å².